The van der Waals surface area contributed by atoms with E-state index in [1.807, 2.05) is 0 Å². The predicted molar refractivity (Wildman–Crippen MR) is 33.1 cm³/mol. The predicted octanol–water partition coefficient (Wildman–Crippen LogP) is -0.0518. The molecule has 0 aromatic rings. The summed E-state index contributed by atoms with van der Waals surface area (Å²) in [6.45, 7) is 0. The second-order valence-electron chi connectivity index (χ2n) is 1.52. The maximum atomic E-state index is 5.27. The van der Waals surface area contributed by atoms with Gasteiger partial charge < -0.3 is 5.73 Å². The molecule has 2 aliphatic heterocycles. The minimum Gasteiger partial charge on any atom is -0.368 e. The van der Waals surface area contributed by atoms with Gasteiger partial charge in [0.1, 0.15) is 0 Å². The van der Waals surface area contributed by atoms with Gasteiger partial charge in [-0.2, -0.15) is 9.97 Å². The van der Waals surface area contributed by atoms with Gasteiger partial charge in [-0.15, -0.1) is 5.10 Å². The Balaban J connectivity index is 2.76. The third-order valence-electron chi connectivity index (χ3n) is 0.922. The fourth-order valence-corrected chi connectivity index (χ4v) is 1.13. The topological polar surface area (TPSA) is 80.5 Å². The molecule has 0 unspecified atom stereocenters. The highest BCUT2D eigenvalue weighted by Crippen LogP contribution is 2.19. The smallest absolute Gasteiger partial charge is 0.223 e. The lowest BCUT2D eigenvalue weighted by Crippen LogP contribution is -1.84. The lowest BCUT2D eigenvalue weighted by Gasteiger charge is -1.69. The highest BCUT2D eigenvalue weighted by atomic mass is 32.1. The third kappa shape index (κ3) is 0.563. The zero-order chi connectivity index (χ0) is 6.27. The van der Waals surface area contributed by atoms with E-state index in [1.54, 1.807) is 0 Å². The Morgan fingerprint density at radius 3 is 3.11 bits per heavy atom. The van der Waals surface area contributed by atoms with E-state index in [0.717, 1.165) is 5.01 Å². The molecule has 0 spiro atoms. The number of nitrogens with zero attached hydrogens (tertiary/aromatic N) is 3. The van der Waals surface area contributed by atoms with Crippen LogP contribution in [0.5, 0.6) is 0 Å². The van der Waals surface area contributed by atoms with Crippen LogP contribution >= 0.6 is 11.5 Å². The van der Waals surface area contributed by atoms with E-state index < -0.39 is 0 Å². The van der Waals surface area contributed by atoms with Crippen molar-refractivity contribution >= 4 is 17.5 Å². The lowest BCUT2D eigenvalue weighted by molar-refractivity contribution is 1.12. The number of imidazole rings is 1. The summed E-state index contributed by atoms with van der Waals surface area (Å²) in [6.07, 6.45) is 0. The van der Waals surface area contributed by atoms with Crippen molar-refractivity contribution < 1.29 is 0 Å². The van der Waals surface area contributed by atoms with Crippen molar-refractivity contribution in [3.05, 3.63) is 0 Å². The summed E-state index contributed by atoms with van der Waals surface area (Å²) in [5, 5.41) is 4.54. The Kier molecular flexibility index (Phi) is 0.734. The molecular formula is C3H3N5S. The molecule has 2 aliphatic rings. The van der Waals surface area contributed by atoms with Gasteiger partial charge in [-0.1, -0.05) is 0 Å². The molecule has 0 aromatic carbocycles. The van der Waals surface area contributed by atoms with E-state index in [-0.39, 0.29) is 5.95 Å². The number of fused-ring (bicyclic) bond motifs is 1. The maximum absolute atomic E-state index is 5.27. The summed E-state index contributed by atoms with van der Waals surface area (Å²) in [7, 11) is 0. The standard InChI is InChI=1S/C3H3N5S/c4-3-5-1-2(6-3)9-8-7-1/h8H,(H2,4,5,7). The van der Waals surface area contributed by atoms with Crippen molar-refractivity contribution in [2.24, 2.45) is 0 Å². The number of nitrogens with one attached hydrogen (secondary N) is 1. The number of hydrogen-bond acceptors (Lipinski definition) is 5. The van der Waals surface area contributed by atoms with Crippen molar-refractivity contribution in [2.45, 2.75) is 0 Å². The van der Waals surface area contributed by atoms with E-state index in [1.165, 1.54) is 11.5 Å². The minimum atomic E-state index is 0.290. The molecule has 2 heterocycles. The first kappa shape index (κ1) is 4.68. The molecule has 46 valence electrons. The minimum absolute atomic E-state index is 0.290. The van der Waals surface area contributed by atoms with Gasteiger partial charge >= 0.3 is 0 Å². The van der Waals surface area contributed by atoms with Gasteiger partial charge in [-0.05, 0) is 11.5 Å². The molecule has 0 radical (unpaired) electrons. The van der Waals surface area contributed by atoms with E-state index in [2.05, 4.69) is 19.6 Å². The molecule has 3 N–H and O–H groups in total. The van der Waals surface area contributed by atoms with Crippen LogP contribution in [0.1, 0.15) is 0 Å². The Labute approximate surface area is 54.4 Å². The number of hydrogen-bond donors (Lipinski definition) is 2. The van der Waals surface area contributed by atoms with Crippen molar-refractivity contribution in [3.63, 3.8) is 0 Å². The van der Waals surface area contributed by atoms with Gasteiger partial charge in [0.15, 0.2) is 5.01 Å². The fourth-order valence-electron chi connectivity index (χ4n) is 0.586. The zero-order valence-corrected chi connectivity index (χ0v) is 5.14. The number of anilines is 1. The largest absolute Gasteiger partial charge is 0.368 e. The van der Waals surface area contributed by atoms with Crippen molar-refractivity contribution in [1.29, 1.82) is 0 Å². The molecule has 0 saturated heterocycles. The summed E-state index contributed by atoms with van der Waals surface area (Å²) in [5.41, 5.74) is 5.27. The quantitative estimate of drug-likeness (QED) is 0.539. The molecular weight excluding hydrogens is 138 g/mol. The van der Waals surface area contributed by atoms with Crippen LogP contribution in [-0.2, 0) is 0 Å². The van der Waals surface area contributed by atoms with Crippen molar-refractivity contribution in [1.82, 2.24) is 19.6 Å². The maximum Gasteiger partial charge on any atom is 0.223 e. The Hall–Kier alpha value is -1.17. The average Bonchev–Trinajstić information content (AvgIpc) is 2.22. The van der Waals surface area contributed by atoms with Crippen LogP contribution in [-0.4, -0.2) is 19.6 Å². The third-order valence-corrected chi connectivity index (χ3v) is 1.57. The van der Waals surface area contributed by atoms with Crippen LogP contribution in [0, 0.1) is 0 Å². The number of nitrogens with two attached hydrogens (primary N) is 1. The SMILES string of the molecule is Nc1nc2n[nH]sc-2n1. The molecule has 2 rings (SSSR count). The summed E-state index contributed by atoms with van der Waals surface area (Å²) in [5.74, 6) is 0.884. The van der Waals surface area contributed by atoms with Gasteiger partial charge in [0.2, 0.25) is 11.8 Å². The summed E-state index contributed by atoms with van der Waals surface area (Å²) in [6, 6.07) is 0. The zero-order valence-electron chi connectivity index (χ0n) is 4.33. The second kappa shape index (κ2) is 1.41. The first-order valence-electron chi connectivity index (χ1n) is 2.29. The normalized spacial score (nSPS) is 10.7. The number of aromatic nitrogens is 4. The summed E-state index contributed by atoms with van der Waals surface area (Å²) in [4.78, 5) is 7.67. The highest BCUT2D eigenvalue weighted by Gasteiger charge is 2.10. The average molecular weight is 141 g/mol. The van der Waals surface area contributed by atoms with Gasteiger partial charge in [0.05, 0.1) is 0 Å². The fraction of sp³-hybridized carbons (Fsp3) is 0. The van der Waals surface area contributed by atoms with Gasteiger partial charge in [-0.3, -0.25) is 0 Å². The second-order valence-corrected chi connectivity index (χ2v) is 2.29. The number of H-pyrrole nitrogens is 1. The molecule has 5 nitrogen and oxygen atoms in total. The van der Waals surface area contributed by atoms with Gasteiger partial charge in [0.25, 0.3) is 0 Å². The molecule has 6 heteroatoms. The van der Waals surface area contributed by atoms with Crippen LogP contribution in [0.3, 0.4) is 0 Å². The van der Waals surface area contributed by atoms with E-state index in [9.17, 15) is 0 Å². The Morgan fingerprint density at radius 2 is 2.33 bits per heavy atom. The molecule has 0 aliphatic carbocycles. The molecule has 0 atom stereocenters. The van der Waals surface area contributed by atoms with Gasteiger partial charge in [-0.25, -0.2) is 4.49 Å². The van der Waals surface area contributed by atoms with Crippen LogP contribution in [0.15, 0.2) is 0 Å². The Morgan fingerprint density at radius 1 is 1.44 bits per heavy atom. The number of aromatic amines is 1. The Bertz CT molecular complexity index is 259. The van der Waals surface area contributed by atoms with Crippen molar-refractivity contribution in [3.8, 4) is 10.8 Å². The molecule has 0 amide bonds. The van der Waals surface area contributed by atoms with E-state index in [0.29, 0.717) is 5.82 Å². The molecule has 0 saturated carbocycles. The van der Waals surface area contributed by atoms with Crippen LogP contribution in [0.4, 0.5) is 5.95 Å². The van der Waals surface area contributed by atoms with Crippen LogP contribution in [0.25, 0.3) is 10.8 Å². The highest BCUT2D eigenvalue weighted by molar-refractivity contribution is 7.09. The summed E-state index contributed by atoms with van der Waals surface area (Å²) < 4.78 is 2.66. The van der Waals surface area contributed by atoms with Crippen molar-refractivity contribution in [2.75, 3.05) is 5.73 Å². The molecule has 0 bridgehead atoms. The molecule has 0 aromatic heterocycles. The lowest BCUT2D eigenvalue weighted by atomic mass is 10.7. The van der Waals surface area contributed by atoms with E-state index in [4.69, 9.17) is 5.73 Å². The molecule has 0 fully saturated rings. The molecule has 9 heavy (non-hydrogen) atoms. The first-order chi connectivity index (χ1) is 4.36. The van der Waals surface area contributed by atoms with E-state index >= 15 is 0 Å². The van der Waals surface area contributed by atoms with Crippen LogP contribution < -0.4 is 5.73 Å². The number of rotatable bonds is 0. The monoisotopic (exact) mass is 141 g/mol. The number of nitrogen functional groups attached to an aromatic ring is 1. The van der Waals surface area contributed by atoms with Crippen LogP contribution in [0.2, 0.25) is 0 Å². The summed E-state index contributed by atoms with van der Waals surface area (Å²) >= 11 is 1.32. The van der Waals surface area contributed by atoms with Gasteiger partial charge in [0, 0.05) is 0 Å². The first-order valence-corrected chi connectivity index (χ1v) is 3.11.